The summed E-state index contributed by atoms with van der Waals surface area (Å²) in [6.07, 6.45) is 5.29. The fourth-order valence-electron chi connectivity index (χ4n) is 3.07. The summed E-state index contributed by atoms with van der Waals surface area (Å²) in [7, 11) is 0. The van der Waals surface area contributed by atoms with E-state index < -0.39 is 0 Å². The SMILES string of the molecule is CCC1CCNC(C(=O)N2CCC[C@@H]2CO)C1. The zero-order chi connectivity index (χ0) is 12.3. The Morgan fingerprint density at radius 1 is 1.47 bits per heavy atom. The summed E-state index contributed by atoms with van der Waals surface area (Å²) in [6.45, 7) is 4.07. The van der Waals surface area contributed by atoms with Gasteiger partial charge in [0.25, 0.3) is 0 Å². The molecule has 4 nitrogen and oxygen atoms in total. The van der Waals surface area contributed by atoms with E-state index in [-0.39, 0.29) is 24.6 Å². The molecule has 0 aromatic rings. The topological polar surface area (TPSA) is 52.6 Å². The largest absolute Gasteiger partial charge is 0.394 e. The Morgan fingerprint density at radius 2 is 2.29 bits per heavy atom. The van der Waals surface area contributed by atoms with Crippen LogP contribution >= 0.6 is 0 Å². The highest BCUT2D eigenvalue weighted by Gasteiger charge is 2.34. The maximum atomic E-state index is 12.4. The third-order valence-electron chi connectivity index (χ3n) is 4.26. The van der Waals surface area contributed by atoms with Gasteiger partial charge in [0.15, 0.2) is 0 Å². The van der Waals surface area contributed by atoms with E-state index in [1.807, 2.05) is 4.90 Å². The highest BCUT2D eigenvalue weighted by molar-refractivity contribution is 5.82. The maximum Gasteiger partial charge on any atom is 0.240 e. The molecule has 2 saturated heterocycles. The van der Waals surface area contributed by atoms with E-state index in [1.165, 1.54) is 6.42 Å². The van der Waals surface area contributed by atoms with Crippen LogP contribution in [0.25, 0.3) is 0 Å². The second kappa shape index (κ2) is 5.83. The van der Waals surface area contributed by atoms with Crippen LogP contribution in [0.5, 0.6) is 0 Å². The first-order chi connectivity index (χ1) is 8.26. The summed E-state index contributed by atoms with van der Waals surface area (Å²) in [5.74, 6) is 0.889. The molecule has 4 heteroatoms. The molecule has 0 aliphatic carbocycles. The van der Waals surface area contributed by atoms with Gasteiger partial charge < -0.3 is 15.3 Å². The minimum Gasteiger partial charge on any atom is -0.394 e. The number of nitrogens with zero attached hydrogens (tertiary/aromatic N) is 1. The van der Waals surface area contributed by atoms with Crippen LogP contribution in [-0.2, 0) is 4.79 Å². The molecule has 3 atom stereocenters. The van der Waals surface area contributed by atoms with E-state index in [0.29, 0.717) is 5.92 Å². The number of carbonyl (C=O) groups excluding carboxylic acids is 1. The minimum atomic E-state index is -0.0131. The van der Waals surface area contributed by atoms with Crippen molar-refractivity contribution >= 4 is 5.91 Å². The predicted molar refractivity (Wildman–Crippen MR) is 66.6 cm³/mol. The van der Waals surface area contributed by atoms with Gasteiger partial charge in [0, 0.05) is 6.54 Å². The molecule has 0 saturated carbocycles. The Morgan fingerprint density at radius 3 is 3.00 bits per heavy atom. The molecule has 1 amide bonds. The Hall–Kier alpha value is -0.610. The molecular weight excluding hydrogens is 216 g/mol. The van der Waals surface area contributed by atoms with Gasteiger partial charge in [-0.15, -0.1) is 0 Å². The van der Waals surface area contributed by atoms with E-state index in [4.69, 9.17) is 0 Å². The second-order valence-electron chi connectivity index (χ2n) is 5.32. The molecule has 2 heterocycles. The zero-order valence-electron chi connectivity index (χ0n) is 10.7. The fraction of sp³-hybridized carbons (Fsp3) is 0.923. The van der Waals surface area contributed by atoms with Gasteiger partial charge in [-0.3, -0.25) is 4.79 Å². The van der Waals surface area contributed by atoms with Gasteiger partial charge in [0.1, 0.15) is 0 Å². The lowest BCUT2D eigenvalue weighted by Crippen LogP contribution is -2.52. The average Bonchev–Trinajstić information content (AvgIpc) is 2.86. The van der Waals surface area contributed by atoms with Crippen molar-refractivity contribution in [3.8, 4) is 0 Å². The lowest BCUT2D eigenvalue weighted by Gasteiger charge is -2.33. The lowest BCUT2D eigenvalue weighted by molar-refractivity contribution is -0.136. The molecule has 0 aromatic heterocycles. The number of aliphatic hydroxyl groups excluding tert-OH is 1. The normalized spacial score (nSPS) is 34.0. The van der Waals surface area contributed by atoms with E-state index in [0.717, 1.165) is 38.8 Å². The summed E-state index contributed by atoms with van der Waals surface area (Å²) in [6, 6.07) is 0.0483. The molecule has 17 heavy (non-hydrogen) atoms. The van der Waals surface area contributed by atoms with Crippen molar-refractivity contribution in [3.63, 3.8) is 0 Å². The van der Waals surface area contributed by atoms with Crippen LogP contribution in [0.3, 0.4) is 0 Å². The van der Waals surface area contributed by atoms with Gasteiger partial charge in [0.2, 0.25) is 5.91 Å². The van der Waals surface area contributed by atoms with Crippen molar-refractivity contribution < 1.29 is 9.90 Å². The number of hydrogen-bond donors (Lipinski definition) is 2. The monoisotopic (exact) mass is 240 g/mol. The van der Waals surface area contributed by atoms with Crippen LogP contribution < -0.4 is 5.32 Å². The Labute approximate surface area is 103 Å². The van der Waals surface area contributed by atoms with Crippen molar-refractivity contribution in [2.75, 3.05) is 19.7 Å². The average molecular weight is 240 g/mol. The maximum absolute atomic E-state index is 12.4. The van der Waals surface area contributed by atoms with Crippen LogP contribution in [0.4, 0.5) is 0 Å². The van der Waals surface area contributed by atoms with E-state index >= 15 is 0 Å². The summed E-state index contributed by atoms with van der Waals surface area (Å²) in [5, 5.41) is 12.6. The molecule has 0 bridgehead atoms. The smallest absolute Gasteiger partial charge is 0.240 e. The molecule has 2 aliphatic heterocycles. The van der Waals surface area contributed by atoms with Gasteiger partial charge in [-0.1, -0.05) is 13.3 Å². The van der Waals surface area contributed by atoms with Gasteiger partial charge >= 0.3 is 0 Å². The highest BCUT2D eigenvalue weighted by Crippen LogP contribution is 2.23. The summed E-state index contributed by atoms with van der Waals surface area (Å²) in [5.41, 5.74) is 0. The van der Waals surface area contributed by atoms with Crippen molar-refractivity contribution in [2.24, 2.45) is 5.92 Å². The van der Waals surface area contributed by atoms with Gasteiger partial charge in [-0.2, -0.15) is 0 Å². The number of aliphatic hydroxyl groups is 1. The van der Waals surface area contributed by atoms with Gasteiger partial charge in [0.05, 0.1) is 18.7 Å². The van der Waals surface area contributed by atoms with Crippen molar-refractivity contribution in [3.05, 3.63) is 0 Å². The van der Waals surface area contributed by atoms with Gasteiger partial charge in [-0.05, 0) is 38.1 Å². The number of hydrogen-bond acceptors (Lipinski definition) is 3. The minimum absolute atomic E-state index is 0.0131. The molecule has 2 aliphatic rings. The molecule has 2 fully saturated rings. The quantitative estimate of drug-likeness (QED) is 0.765. The van der Waals surface area contributed by atoms with Crippen molar-refractivity contribution in [1.82, 2.24) is 10.2 Å². The van der Waals surface area contributed by atoms with Crippen LogP contribution in [0, 0.1) is 5.92 Å². The summed E-state index contributed by atoms with van der Waals surface area (Å²) in [4.78, 5) is 14.3. The summed E-state index contributed by atoms with van der Waals surface area (Å²) >= 11 is 0. The van der Waals surface area contributed by atoms with Gasteiger partial charge in [-0.25, -0.2) is 0 Å². The number of nitrogens with one attached hydrogen (secondary N) is 1. The first-order valence-electron chi connectivity index (χ1n) is 6.91. The second-order valence-corrected chi connectivity index (χ2v) is 5.32. The standard InChI is InChI=1S/C13H24N2O2/c1-2-10-5-6-14-12(8-10)13(17)15-7-3-4-11(15)9-16/h10-12,14,16H,2-9H2,1H3/t10?,11-,12?/m1/s1. The molecule has 98 valence electrons. The highest BCUT2D eigenvalue weighted by atomic mass is 16.3. The Kier molecular flexibility index (Phi) is 4.40. The number of carbonyl (C=O) groups is 1. The number of amides is 1. The predicted octanol–water partition coefficient (Wildman–Crippen LogP) is 0.748. The third-order valence-corrected chi connectivity index (χ3v) is 4.26. The van der Waals surface area contributed by atoms with Crippen molar-refractivity contribution in [1.29, 1.82) is 0 Å². The molecule has 2 unspecified atom stereocenters. The molecule has 0 spiro atoms. The molecule has 0 aromatic carbocycles. The number of piperidine rings is 1. The van der Waals surface area contributed by atoms with E-state index in [1.54, 1.807) is 0 Å². The molecular formula is C13H24N2O2. The zero-order valence-corrected chi connectivity index (χ0v) is 10.7. The van der Waals surface area contributed by atoms with Crippen LogP contribution in [0.1, 0.15) is 39.0 Å². The van der Waals surface area contributed by atoms with Crippen LogP contribution in [-0.4, -0.2) is 47.7 Å². The van der Waals surface area contributed by atoms with Crippen LogP contribution in [0.15, 0.2) is 0 Å². The van der Waals surface area contributed by atoms with Crippen molar-refractivity contribution in [2.45, 2.75) is 51.1 Å². The first-order valence-corrected chi connectivity index (χ1v) is 6.91. The van der Waals surface area contributed by atoms with Crippen LogP contribution in [0.2, 0.25) is 0 Å². The third kappa shape index (κ3) is 2.80. The first kappa shape index (κ1) is 12.8. The number of likely N-dealkylation sites (tertiary alicyclic amines) is 1. The summed E-state index contributed by atoms with van der Waals surface area (Å²) < 4.78 is 0. The number of rotatable bonds is 3. The fourth-order valence-corrected chi connectivity index (χ4v) is 3.07. The Bertz CT molecular complexity index is 270. The molecule has 2 rings (SSSR count). The molecule has 2 N–H and O–H groups in total. The van der Waals surface area contributed by atoms with E-state index in [2.05, 4.69) is 12.2 Å². The Balaban J connectivity index is 1.94. The molecule has 0 radical (unpaired) electrons. The van der Waals surface area contributed by atoms with E-state index in [9.17, 15) is 9.90 Å². The lowest BCUT2D eigenvalue weighted by atomic mass is 9.90.